The minimum atomic E-state index is -0.495. The smallest absolute Gasteiger partial charge is 0.337 e. The number of dihydropyridines is 1. The molecule has 1 atom stereocenters. The van der Waals surface area contributed by atoms with E-state index < -0.39 is 5.92 Å². The molecular formula is C29H31NO4. The molecule has 176 valence electrons. The molecule has 1 unspecified atom stereocenters. The van der Waals surface area contributed by atoms with E-state index in [4.69, 9.17) is 9.47 Å². The highest BCUT2D eigenvalue weighted by Gasteiger charge is 2.41. The fourth-order valence-corrected chi connectivity index (χ4v) is 5.37. The van der Waals surface area contributed by atoms with Crippen molar-refractivity contribution in [2.24, 2.45) is 0 Å². The van der Waals surface area contributed by atoms with Crippen LogP contribution in [0.1, 0.15) is 68.9 Å². The van der Waals surface area contributed by atoms with Crippen LogP contribution < -0.4 is 10.1 Å². The molecule has 1 fully saturated rings. The highest BCUT2D eigenvalue weighted by atomic mass is 16.5. The molecule has 0 spiro atoms. The summed E-state index contributed by atoms with van der Waals surface area (Å²) in [5, 5.41) is 3.38. The molecule has 0 radical (unpaired) electrons. The predicted octanol–water partition coefficient (Wildman–Crippen LogP) is 5.72. The van der Waals surface area contributed by atoms with E-state index in [0.29, 0.717) is 29.9 Å². The van der Waals surface area contributed by atoms with E-state index in [1.54, 1.807) is 0 Å². The van der Waals surface area contributed by atoms with E-state index in [1.165, 1.54) is 0 Å². The Balaban J connectivity index is 1.54. The molecule has 0 aromatic heterocycles. The van der Waals surface area contributed by atoms with Crippen LogP contribution in [0.15, 0.2) is 77.1 Å². The minimum Gasteiger partial charge on any atom is -0.489 e. The van der Waals surface area contributed by atoms with Crippen LogP contribution in [0.4, 0.5) is 0 Å². The zero-order valence-electron chi connectivity index (χ0n) is 19.6. The predicted molar refractivity (Wildman–Crippen MR) is 130 cm³/mol. The molecule has 0 saturated heterocycles. The molecule has 1 aliphatic heterocycles. The van der Waals surface area contributed by atoms with Crippen LogP contribution in [-0.4, -0.2) is 17.9 Å². The molecule has 34 heavy (non-hydrogen) atoms. The normalized spacial score (nSPS) is 20.7. The Labute approximate surface area is 200 Å². The average Bonchev–Trinajstić information content (AvgIpc) is 3.36. The molecule has 1 heterocycles. The molecule has 2 aromatic carbocycles. The van der Waals surface area contributed by atoms with Gasteiger partial charge in [0.2, 0.25) is 0 Å². The fourth-order valence-electron chi connectivity index (χ4n) is 5.37. The van der Waals surface area contributed by atoms with Crippen molar-refractivity contribution in [3.8, 4) is 5.75 Å². The van der Waals surface area contributed by atoms with Crippen molar-refractivity contribution in [1.82, 2.24) is 5.32 Å². The van der Waals surface area contributed by atoms with Crippen molar-refractivity contribution in [3.05, 3.63) is 88.3 Å². The lowest BCUT2D eigenvalue weighted by Gasteiger charge is -2.35. The maximum absolute atomic E-state index is 13.5. The van der Waals surface area contributed by atoms with Crippen LogP contribution in [-0.2, 0) is 20.9 Å². The molecule has 1 N–H and O–H groups in total. The van der Waals surface area contributed by atoms with Gasteiger partial charge in [0.1, 0.15) is 18.5 Å². The summed E-state index contributed by atoms with van der Waals surface area (Å²) in [4.78, 5) is 26.7. The van der Waals surface area contributed by atoms with Crippen LogP contribution in [0.25, 0.3) is 0 Å². The van der Waals surface area contributed by atoms with Gasteiger partial charge in [-0.3, -0.25) is 4.79 Å². The van der Waals surface area contributed by atoms with Crippen molar-refractivity contribution in [2.75, 3.05) is 0 Å². The van der Waals surface area contributed by atoms with E-state index in [0.717, 1.165) is 61.0 Å². The van der Waals surface area contributed by atoms with Crippen molar-refractivity contribution in [2.45, 2.75) is 70.5 Å². The quantitative estimate of drug-likeness (QED) is 0.562. The van der Waals surface area contributed by atoms with Crippen molar-refractivity contribution < 1.29 is 19.1 Å². The van der Waals surface area contributed by atoms with Gasteiger partial charge in [0.05, 0.1) is 11.5 Å². The summed E-state index contributed by atoms with van der Waals surface area (Å²) in [6.45, 7) is 2.32. The molecule has 0 bridgehead atoms. The Bertz CT molecular complexity index is 1140. The average molecular weight is 458 g/mol. The van der Waals surface area contributed by atoms with Crippen LogP contribution in [0.5, 0.6) is 5.75 Å². The summed E-state index contributed by atoms with van der Waals surface area (Å²) in [6.07, 6.45) is 6.04. The summed E-state index contributed by atoms with van der Waals surface area (Å²) >= 11 is 0. The van der Waals surface area contributed by atoms with Crippen LogP contribution in [0.2, 0.25) is 0 Å². The van der Waals surface area contributed by atoms with Crippen molar-refractivity contribution in [1.29, 1.82) is 0 Å². The van der Waals surface area contributed by atoms with E-state index in [1.807, 2.05) is 61.5 Å². The Morgan fingerprint density at radius 2 is 1.71 bits per heavy atom. The number of Topliss-reactive ketones (excluding diaryl/α,β-unsaturated/α-hetero) is 1. The SMILES string of the molecule is CC1=C(C(=O)OC2CCCC2)C(c2ccccc2OCc2ccccc2)C2=C(CCCC2=O)N1. The van der Waals surface area contributed by atoms with Gasteiger partial charge >= 0.3 is 5.97 Å². The Morgan fingerprint density at radius 3 is 2.50 bits per heavy atom. The van der Waals surface area contributed by atoms with Crippen molar-refractivity contribution in [3.63, 3.8) is 0 Å². The van der Waals surface area contributed by atoms with Crippen LogP contribution in [0, 0.1) is 0 Å². The largest absolute Gasteiger partial charge is 0.489 e. The van der Waals surface area contributed by atoms with E-state index in [9.17, 15) is 9.59 Å². The van der Waals surface area contributed by atoms with Gasteiger partial charge in [0.25, 0.3) is 0 Å². The summed E-state index contributed by atoms with van der Waals surface area (Å²) in [5.74, 6) is -0.0488. The van der Waals surface area contributed by atoms with Gasteiger partial charge in [-0.05, 0) is 57.1 Å². The molecule has 1 saturated carbocycles. The highest BCUT2D eigenvalue weighted by molar-refractivity contribution is 6.04. The highest BCUT2D eigenvalue weighted by Crippen LogP contribution is 2.45. The van der Waals surface area contributed by atoms with Crippen LogP contribution in [0.3, 0.4) is 0 Å². The number of hydrogen-bond donors (Lipinski definition) is 1. The lowest BCUT2D eigenvalue weighted by atomic mass is 9.75. The lowest BCUT2D eigenvalue weighted by molar-refractivity contribution is -0.144. The number of benzene rings is 2. The second-order valence-corrected chi connectivity index (χ2v) is 9.39. The first-order valence-electron chi connectivity index (χ1n) is 12.3. The van der Waals surface area contributed by atoms with E-state index in [2.05, 4.69) is 5.32 Å². The molecule has 5 nitrogen and oxygen atoms in total. The minimum absolute atomic E-state index is 0.0459. The molecular weight excluding hydrogens is 426 g/mol. The maximum Gasteiger partial charge on any atom is 0.337 e. The van der Waals surface area contributed by atoms with E-state index in [-0.39, 0.29) is 17.9 Å². The first-order valence-corrected chi connectivity index (χ1v) is 12.3. The number of hydrogen-bond acceptors (Lipinski definition) is 5. The number of rotatable bonds is 6. The lowest BCUT2D eigenvalue weighted by Crippen LogP contribution is -2.35. The fraction of sp³-hybridized carbons (Fsp3) is 0.379. The third-order valence-corrected chi connectivity index (χ3v) is 7.04. The third kappa shape index (κ3) is 4.52. The molecule has 0 amide bonds. The maximum atomic E-state index is 13.5. The zero-order chi connectivity index (χ0) is 23.5. The monoisotopic (exact) mass is 457 g/mol. The summed E-state index contributed by atoms with van der Waals surface area (Å²) in [5.41, 5.74) is 4.79. The first-order chi connectivity index (χ1) is 16.6. The van der Waals surface area contributed by atoms with Gasteiger partial charge in [0, 0.05) is 29.0 Å². The number of ketones is 1. The number of carbonyl (C=O) groups is 2. The van der Waals surface area contributed by atoms with Gasteiger partial charge < -0.3 is 14.8 Å². The first kappa shape index (κ1) is 22.5. The number of para-hydroxylation sites is 1. The standard InChI is InChI=1S/C29H31NO4/c1-19-26(29(32)34-21-12-5-6-13-21)27(28-23(30-19)15-9-16-24(28)31)22-14-7-8-17-25(22)33-18-20-10-3-2-4-11-20/h2-4,7-8,10-11,14,17,21,27,30H,5-6,9,12-13,15-16,18H2,1H3. The third-order valence-electron chi connectivity index (χ3n) is 7.04. The van der Waals surface area contributed by atoms with Gasteiger partial charge in [-0.2, -0.15) is 0 Å². The summed E-state index contributed by atoms with van der Waals surface area (Å²) in [7, 11) is 0. The molecule has 2 aromatic rings. The Morgan fingerprint density at radius 1 is 0.971 bits per heavy atom. The molecule has 2 aliphatic carbocycles. The number of ether oxygens (including phenoxy) is 2. The Kier molecular flexibility index (Phi) is 6.52. The second-order valence-electron chi connectivity index (χ2n) is 9.39. The topological polar surface area (TPSA) is 64.6 Å². The van der Waals surface area contributed by atoms with Gasteiger partial charge in [-0.15, -0.1) is 0 Å². The molecule has 5 rings (SSSR count). The number of allylic oxidation sites excluding steroid dienone is 3. The second kappa shape index (κ2) is 9.88. The van der Waals surface area contributed by atoms with E-state index >= 15 is 0 Å². The summed E-state index contributed by atoms with van der Waals surface area (Å²) < 4.78 is 12.2. The number of esters is 1. The van der Waals surface area contributed by atoms with Crippen LogP contribution >= 0.6 is 0 Å². The zero-order valence-corrected chi connectivity index (χ0v) is 19.6. The van der Waals surface area contributed by atoms with Gasteiger partial charge in [-0.1, -0.05) is 48.5 Å². The van der Waals surface area contributed by atoms with Gasteiger partial charge in [-0.25, -0.2) is 4.79 Å². The van der Waals surface area contributed by atoms with Gasteiger partial charge in [0.15, 0.2) is 5.78 Å². The number of nitrogens with one attached hydrogen (secondary N) is 1. The molecule has 3 aliphatic rings. The Hall–Kier alpha value is -3.34. The number of carbonyl (C=O) groups excluding carboxylic acids is 2. The van der Waals surface area contributed by atoms with Crippen molar-refractivity contribution >= 4 is 11.8 Å². The molecule has 5 heteroatoms. The summed E-state index contributed by atoms with van der Waals surface area (Å²) in [6, 6.07) is 17.7.